The van der Waals surface area contributed by atoms with Crippen LogP contribution in [0.5, 0.6) is 5.75 Å². The summed E-state index contributed by atoms with van der Waals surface area (Å²) >= 11 is 0. The summed E-state index contributed by atoms with van der Waals surface area (Å²) in [6.07, 6.45) is -4.65. The third-order valence-electron chi connectivity index (χ3n) is 5.94. The minimum Gasteiger partial charge on any atom is -0.494 e. The van der Waals surface area contributed by atoms with Crippen LogP contribution in [0.25, 0.3) is 0 Å². The number of carbonyl (C=O) groups excluding carboxylic acids is 1. The summed E-state index contributed by atoms with van der Waals surface area (Å²) in [4.78, 5) is 12.7. The Bertz CT molecular complexity index is 1780. The Kier molecular flexibility index (Phi) is 9.30. The molecule has 4 rings (SSSR count). The van der Waals surface area contributed by atoms with E-state index in [-0.39, 0.29) is 26.9 Å². The normalized spacial score (nSPS) is 11.9. The van der Waals surface area contributed by atoms with Crippen LogP contribution in [0.1, 0.15) is 12.5 Å². The van der Waals surface area contributed by atoms with Crippen LogP contribution < -0.4 is 19.1 Å². The van der Waals surface area contributed by atoms with Gasteiger partial charge in [0.05, 0.1) is 27.6 Å². The number of sulfonamides is 2. The molecule has 4 aromatic carbocycles. The Balaban J connectivity index is 1.51. The number of amides is 1. The van der Waals surface area contributed by atoms with E-state index in [0.29, 0.717) is 18.4 Å². The first kappa shape index (κ1) is 31.4. The van der Waals surface area contributed by atoms with Crippen LogP contribution in [-0.2, 0) is 31.0 Å². The Morgan fingerprint density at radius 3 is 2.05 bits per heavy atom. The number of carbonyl (C=O) groups is 1. The molecule has 0 radical (unpaired) electrons. The molecule has 0 atom stereocenters. The van der Waals surface area contributed by atoms with Gasteiger partial charge in [-0.1, -0.05) is 24.3 Å². The predicted octanol–water partition coefficient (Wildman–Crippen LogP) is 5.74. The van der Waals surface area contributed by atoms with Crippen LogP contribution in [0.3, 0.4) is 0 Å². The molecule has 0 aliphatic rings. The van der Waals surface area contributed by atoms with Gasteiger partial charge in [0.15, 0.2) is 0 Å². The highest BCUT2D eigenvalue weighted by Gasteiger charge is 2.31. The van der Waals surface area contributed by atoms with Crippen LogP contribution in [-0.4, -0.2) is 35.9 Å². The first-order valence-electron chi connectivity index (χ1n) is 12.7. The number of halogens is 3. The van der Waals surface area contributed by atoms with E-state index in [1.54, 1.807) is 37.3 Å². The number of anilines is 3. The van der Waals surface area contributed by atoms with Crippen LogP contribution in [0, 0.1) is 0 Å². The molecule has 0 aliphatic heterocycles. The zero-order chi connectivity index (χ0) is 31.3. The predicted molar refractivity (Wildman–Crippen MR) is 156 cm³/mol. The Hall–Kier alpha value is -4.56. The molecule has 2 N–H and O–H groups in total. The van der Waals surface area contributed by atoms with E-state index >= 15 is 0 Å². The van der Waals surface area contributed by atoms with Gasteiger partial charge in [-0.25, -0.2) is 16.8 Å². The number of ether oxygens (including phenoxy) is 1. The molecule has 1 amide bonds. The van der Waals surface area contributed by atoms with Crippen LogP contribution in [0.4, 0.5) is 30.2 Å². The van der Waals surface area contributed by atoms with Crippen LogP contribution in [0.15, 0.2) is 113 Å². The summed E-state index contributed by atoms with van der Waals surface area (Å²) in [5, 5.41) is 2.54. The highest BCUT2D eigenvalue weighted by molar-refractivity contribution is 7.93. The highest BCUT2D eigenvalue weighted by atomic mass is 32.2. The lowest BCUT2D eigenvalue weighted by Crippen LogP contribution is -2.38. The number of nitrogens with zero attached hydrogens (tertiary/aromatic N) is 1. The zero-order valence-corrected chi connectivity index (χ0v) is 24.2. The third kappa shape index (κ3) is 7.84. The van der Waals surface area contributed by atoms with Gasteiger partial charge < -0.3 is 10.1 Å². The van der Waals surface area contributed by atoms with E-state index in [1.807, 2.05) is 0 Å². The molecule has 0 spiro atoms. The SMILES string of the molecule is CCOc1ccc(N(CC(=O)Nc2ccc(S(=O)(=O)Nc3cccc(C(F)(F)F)c3)cc2)S(=O)(=O)c2ccccc2)cc1. The average molecular weight is 634 g/mol. The standard InChI is InChI=1S/C29H26F3N3O6S2/c1-2-41-25-15-13-24(14-16-25)35(43(39,40)27-9-4-3-5-10-27)20-28(36)33-22-11-17-26(18-12-22)42(37,38)34-23-8-6-7-21(19-23)29(30,31)32/h3-19,34H,2,20H2,1H3,(H,33,36). The lowest BCUT2D eigenvalue weighted by molar-refractivity contribution is -0.137. The molecule has 226 valence electrons. The quantitative estimate of drug-likeness (QED) is 0.217. The second-order valence-electron chi connectivity index (χ2n) is 9.01. The van der Waals surface area contributed by atoms with Crippen molar-refractivity contribution in [3.63, 3.8) is 0 Å². The molecular weight excluding hydrogens is 607 g/mol. The van der Waals surface area contributed by atoms with E-state index in [0.717, 1.165) is 28.6 Å². The second kappa shape index (κ2) is 12.8. The highest BCUT2D eigenvalue weighted by Crippen LogP contribution is 2.31. The maximum absolute atomic E-state index is 13.5. The van der Waals surface area contributed by atoms with E-state index in [4.69, 9.17) is 4.74 Å². The van der Waals surface area contributed by atoms with Crippen molar-refractivity contribution in [1.29, 1.82) is 0 Å². The first-order chi connectivity index (χ1) is 20.3. The Morgan fingerprint density at radius 1 is 0.791 bits per heavy atom. The number of nitrogens with one attached hydrogen (secondary N) is 2. The number of rotatable bonds is 11. The minimum atomic E-state index is -4.65. The van der Waals surface area contributed by atoms with Crippen LogP contribution in [0.2, 0.25) is 0 Å². The fraction of sp³-hybridized carbons (Fsp3) is 0.138. The molecule has 0 unspecified atom stereocenters. The van der Waals surface area contributed by atoms with E-state index < -0.39 is 44.2 Å². The van der Waals surface area contributed by atoms with Gasteiger partial charge in [-0.2, -0.15) is 13.2 Å². The van der Waals surface area contributed by atoms with E-state index in [2.05, 4.69) is 10.0 Å². The third-order valence-corrected chi connectivity index (χ3v) is 9.13. The largest absolute Gasteiger partial charge is 0.494 e. The van der Waals surface area contributed by atoms with Gasteiger partial charge in [0, 0.05) is 11.4 Å². The Labute approximate surface area is 247 Å². The minimum absolute atomic E-state index is 0.0282. The summed E-state index contributed by atoms with van der Waals surface area (Å²) in [5.41, 5.74) is -0.920. The smallest absolute Gasteiger partial charge is 0.416 e. The lowest BCUT2D eigenvalue weighted by Gasteiger charge is -2.24. The maximum Gasteiger partial charge on any atom is 0.416 e. The van der Waals surface area contributed by atoms with Gasteiger partial charge >= 0.3 is 6.18 Å². The zero-order valence-electron chi connectivity index (χ0n) is 22.6. The van der Waals surface area contributed by atoms with Gasteiger partial charge in [0.1, 0.15) is 12.3 Å². The fourth-order valence-corrected chi connectivity index (χ4v) is 6.42. The molecule has 0 heterocycles. The van der Waals surface area contributed by atoms with Gasteiger partial charge in [-0.05, 0) is 85.8 Å². The van der Waals surface area contributed by atoms with Gasteiger partial charge in [0.25, 0.3) is 20.0 Å². The van der Waals surface area contributed by atoms with Crippen molar-refractivity contribution in [2.45, 2.75) is 22.9 Å². The van der Waals surface area contributed by atoms with Crippen molar-refractivity contribution in [3.05, 3.63) is 109 Å². The molecule has 0 saturated heterocycles. The van der Waals surface area contributed by atoms with Crippen molar-refractivity contribution in [2.75, 3.05) is 27.5 Å². The maximum atomic E-state index is 13.5. The average Bonchev–Trinajstić information content (AvgIpc) is 2.97. The second-order valence-corrected chi connectivity index (χ2v) is 12.6. The lowest BCUT2D eigenvalue weighted by atomic mass is 10.2. The molecule has 0 saturated carbocycles. The monoisotopic (exact) mass is 633 g/mol. The molecule has 0 bridgehead atoms. The summed E-state index contributed by atoms with van der Waals surface area (Å²) < 4.78 is 99.9. The molecular formula is C29H26F3N3O6S2. The molecule has 14 heteroatoms. The molecule has 43 heavy (non-hydrogen) atoms. The number of alkyl halides is 3. The van der Waals surface area contributed by atoms with Gasteiger partial charge in [0.2, 0.25) is 5.91 Å². The number of hydrogen-bond acceptors (Lipinski definition) is 6. The Morgan fingerprint density at radius 2 is 1.44 bits per heavy atom. The van der Waals surface area contributed by atoms with Gasteiger partial charge in [-0.3, -0.25) is 13.8 Å². The van der Waals surface area contributed by atoms with E-state index in [9.17, 15) is 34.8 Å². The number of hydrogen-bond donors (Lipinski definition) is 2. The van der Waals surface area contributed by atoms with Crippen molar-refractivity contribution >= 4 is 43.0 Å². The molecule has 9 nitrogen and oxygen atoms in total. The summed E-state index contributed by atoms with van der Waals surface area (Å²) in [6, 6.07) is 22.3. The molecule has 4 aromatic rings. The number of benzene rings is 4. The van der Waals surface area contributed by atoms with Crippen LogP contribution >= 0.6 is 0 Å². The molecule has 0 aromatic heterocycles. The van der Waals surface area contributed by atoms with Crippen molar-refractivity contribution in [3.8, 4) is 5.75 Å². The van der Waals surface area contributed by atoms with Crippen molar-refractivity contribution in [2.24, 2.45) is 0 Å². The summed E-state index contributed by atoms with van der Waals surface area (Å²) in [7, 11) is -8.42. The molecule has 0 aliphatic carbocycles. The summed E-state index contributed by atoms with van der Waals surface area (Å²) in [6.45, 7) is 1.61. The van der Waals surface area contributed by atoms with Crippen molar-refractivity contribution < 1.29 is 39.5 Å². The van der Waals surface area contributed by atoms with Crippen molar-refractivity contribution in [1.82, 2.24) is 0 Å². The summed E-state index contributed by atoms with van der Waals surface area (Å²) in [5.74, 6) is -0.198. The van der Waals surface area contributed by atoms with E-state index in [1.165, 1.54) is 42.5 Å². The van der Waals surface area contributed by atoms with Gasteiger partial charge in [-0.15, -0.1) is 0 Å². The first-order valence-corrected chi connectivity index (χ1v) is 15.6. The molecule has 0 fully saturated rings. The topological polar surface area (TPSA) is 122 Å². The fourth-order valence-electron chi connectivity index (χ4n) is 3.93.